The van der Waals surface area contributed by atoms with Crippen LogP contribution in [0.3, 0.4) is 0 Å². The quantitative estimate of drug-likeness (QED) is 0.730. The maximum atomic E-state index is 13.2. The van der Waals surface area contributed by atoms with Crippen molar-refractivity contribution in [3.8, 4) is 11.1 Å². The van der Waals surface area contributed by atoms with Gasteiger partial charge in [-0.1, -0.05) is 37.3 Å². The van der Waals surface area contributed by atoms with E-state index in [9.17, 15) is 4.79 Å². The average Bonchev–Trinajstić information content (AvgIpc) is 3.35. The summed E-state index contributed by atoms with van der Waals surface area (Å²) in [5.74, 6) is 0.353. The Kier molecular flexibility index (Phi) is 5.28. The summed E-state index contributed by atoms with van der Waals surface area (Å²) < 4.78 is 1.88. The molecular weight excluding hydrogens is 350 g/mol. The first kappa shape index (κ1) is 18.5. The van der Waals surface area contributed by atoms with Crippen molar-refractivity contribution in [2.45, 2.75) is 45.6 Å². The fraction of sp³-hybridized carbons (Fsp3) is 0.409. The van der Waals surface area contributed by atoms with E-state index in [1.807, 2.05) is 47.1 Å². The molecule has 1 N–H and O–H groups in total. The van der Waals surface area contributed by atoms with Crippen molar-refractivity contribution in [1.29, 1.82) is 0 Å². The van der Waals surface area contributed by atoms with Gasteiger partial charge in [0, 0.05) is 43.0 Å². The number of hydrogen-bond acceptors (Lipinski definition) is 3. The molecular formula is C22H27N5O. The molecule has 28 heavy (non-hydrogen) atoms. The molecule has 0 radical (unpaired) electrons. The zero-order chi connectivity index (χ0) is 19.5. The van der Waals surface area contributed by atoms with Crippen molar-refractivity contribution >= 4 is 5.91 Å². The smallest absolute Gasteiger partial charge is 0.257 e. The molecule has 1 fully saturated rings. The number of likely N-dealkylation sites (tertiary alicyclic amines) is 1. The van der Waals surface area contributed by atoms with E-state index in [4.69, 9.17) is 0 Å². The minimum Gasteiger partial charge on any atom is -0.338 e. The monoisotopic (exact) mass is 377 g/mol. The summed E-state index contributed by atoms with van der Waals surface area (Å²) in [7, 11) is 0. The van der Waals surface area contributed by atoms with Gasteiger partial charge in [-0.15, -0.1) is 0 Å². The Bertz CT molecular complexity index is 943. The second kappa shape index (κ2) is 8.00. The number of aromatic amines is 1. The Hall–Kier alpha value is -2.89. The van der Waals surface area contributed by atoms with Crippen molar-refractivity contribution < 1.29 is 4.79 Å². The summed E-state index contributed by atoms with van der Waals surface area (Å²) in [6, 6.07) is 10.3. The van der Waals surface area contributed by atoms with E-state index in [0.717, 1.165) is 60.4 Å². The van der Waals surface area contributed by atoms with Gasteiger partial charge in [0.2, 0.25) is 0 Å². The first-order valence-electron chi connectivity index (χ1n) is 10.1. The number of aryl methyl sites for hydroxylation is 2. The van der Waals surface area contributed by atoms with Crippen LogP contribution in [0, 0.1) is 6.92 Å². The number of benzene rings is 1. The number of H-pyrrole nitrogens is 1. The lowest BCUT2D eigenvalue weighted by atomic mass is 9.90. The molecule has 2 aromatic heterocycles. The summed E-state index contributed by atoms with van der Waals surface area (Å²) in [5.41, 5.74) is 4.95. The molecule has 1 aromatic carbocycles. The molecule has 1 saturated heterocycles. The van der Waals surface area contributed by atoms with E-state index in [1.165, 1.54) is 0 Å². The van der Waals surface area contributed by atoms with Crippen molar-refractivity contribution in [3.05, 3.63) is 59.7 Å². The summed E-state index contributed by atoms with van der Waals surface area (Å²) in [6.45, 7) is 6.37. The highest BCUT2D eigenvalue weighted by Gasteiger charge is 2.29. The van der Waals surface area contributed by atoms with Gasteiger partial charge in [0.15, 0.2) is 0 Å². The number of piperidine rings is 1. The fourth-order valence-corrected chi connectivity index (χ4v) is 4.09. The Balaban J connectivity index is 1.54. The number of carbonyl (C=O) groups is 1. The lowest BCUT2D eigenvalue weighted by Gasteiger charge is -2.32. The standard InChI is InChI=1S/C22H27N5O/c1-3-11-27-15-20(16(2)25-27)22(28)26-12-7-10-18(14-26)21-19(13-23-24-21)17-8-5-4-6-9-17/h4-6,8-9,13,15,18H,3,7,10-12,14H2,1-2H3,(H,23,24)/t18-/m0/s1. The van der Waals surface area contributed by atoms with Crippen LogP contribution in [0.2, 0.25) is 0 Å². The molecule has 4 rings (SSSR count). The van der Waals surface area contributed by atoms with E-state index in [-0.39, 0.29) is 11.8 Å². The zero-order valence-corrected chi connectivity index (χ0v) is 16.6. The molecule has 0 spiro atoms. The fourth-order valence-electron chi connectivity index (χ4n) is 4.09. The van der Waals surface area contributed by atoms with Crippen LogP contribution in [-0.2, 0) is 6.54 Å². The van der Waals surface area contributed by atoms with Gasteiger partial charge in [-0.25, -0.2) is 0 Å². The highest BCUT2D eigenvalue weighted by Crippen LogP contribution is 2.33. The summed E-state index contributed by atoms with van der Waals surface area (Å²) >= 11 is 0. The molecule has 0 saturated carbocycles. The molecule has 3 aromatic rings. The highest BCUT2D eigenvalue weighted by molar-refractivity contribution is 5.95. The lowest BCUT2D eigenvalue weighted by Crippen LogP contribution is -2.39. The topological polar surface area (TPSA) is 66.8 Å². The first-order chi connectivity index (χ1) is 13.7. The number of hydrogen-bond donors (Lipinski definition) is 1. The summed E-state index contributed by atoms with van der Waals surface area (Å²) in [6.07, 6.45) is 6.84. The minimum atomic E-state index is 0.0883. The van der Waals surface area contributed by atoms with Crippen LogP contribution in [0.4, 0.5) is 0 Å². The van der Waals surface area contributed by atoms with E-state index in [0.29, 0.717) is 6.54 Å². The lowest BCUT2D eigenvalue weighted by molar-refractivity contribution is 0.0705. The normalized spacial score (nSPS) is 17.1. The molecule has 1 aliphatic heterocycles. The van der Waals surface area contributed by atoms with Gasteiger partial charge >= 0.3 is 0 Å². The number of nitrogens with zero attached hydrogens (tertiary/aromatic N) is 4. The van der Waals surface area contributed by atoms with E-state index >= 15 is 0 Å². The molecule has 1 atom stereocenters. The first-order valence-corrected chi connectivity index (χ1v) is 10.1. The summed E-state index contributed by atoms with van der Waals surface area (Å²) in [5, 5.41) is 12.0. The Morgan fingerprint density at radius 1 is 1.29 bits per heavy atom. The number of carbonyl (C=O) groups excluding carboxylic acids is 1. The van der Waals surface area contributed by atoms with E-state index in [2.05, 4.69) is 34.4 Å². The SMILES string of the molecule is CCCn1cc(C(=O)N2CCC[C@H](c3[nH]ncc3-c3ccccc3)C2)c(C)n1. The van der Waals surface area contributed by atoms with Crippen molar-refractivity contribution in [3.63, 3.8) is 0 Å². The van der Waals surface area contributed by atoms with Gasteiger partial charge in [0.25, 0.3) is 5.91 Å². The Morgan fingerprint density at radius 2 is 2.11 bits per heavy atom. The predicted octanol–water partition coefficient (Wildman–Crippen LogP) is 4.01. The maximum Gasteiger partial charge on any atom is 0.257 e. The molecule has 146 valence electrons. The van der Waals surface area contributed by atoms with Crippen LogP contribution in [-0.4, -0.2) is 43.9 Å². The van der Waals surface area contributed by atoms with Gasteiger partial charge in [0.05, 0.1) is 17.5 Å². The van der Waals surface area contributed by atoms with Crippen LogP contribution in [0.1, 0.15) is 53.8 Å². The second-order valence-corrected chi connectivity index (χ2v) is 7.54. The van der Waals surface area contributed by atoms with Gasteiger partial charge < -0.3 is 4.90 Å². The van der Waals surface area contributed by atoms with Crippen LogP contribution >= 0.6 is 0 Å². The number of nitrogens with one attached hydrogen (secondary N) is 1. The molecule has 0 aliphatic carbocycles. The van der Waals surface area contributed by atoms with Crippen LogP contribution in [0.15, 0.2) is 42.7 Å². The third-order valence-electron chi connectivity index (χ3n) is 5.50. The number of rotatable bonds is 5. The number of amides is 1. The van der Waals surface area contributed by atoms with Crippen LogP contribution < -0.4 is 0 Å². The van der Waals surface area contributed by atoms with Gasteiger partial charge in [-0.2, -0.15) is 10.2 Å². The van der Waals surface area contributed by atoms with Crippen LogP contribution in [0.5, 0.6) is 0 Å². The van der Waals surface area contributed by atoms with Gasteiger partial charge in [0.1, 0.15) is 0 Å². The van der Waals surface area contributed by atoms with Crippen molar-refractivity contribution in [1.82, 2.24) is 24.9 Å². The minimum absolute atomic E-state index is 0.0883. The predicted molar refractivity (Wildman–Crippen MR) is 109 cm³/mol. The molecule has 6 nitrogen and oxygen atoms in total. The molecule has 1 aliphatic rings. The zero-order valence-electron chi connectivity index (χ0n) is 16.6. The maximum absolute atomic E-state index is 13.2. The average molecular weight is 377 g/mol. The summed E-state index contributed by atoms with van der Waals surface area (Å²) in [4.78, 5) is 15.1. The van der Waals surface area contributed by atoms with Crippen molar-refractivity contribution in [2.75, 3.05) is 13.1 Å². The van der Waals surface area contributed by atoms with E-state index in [1.54, 1.807) is 0 Å². The van der Waals surface area contributed by atoms with E-state index < -0.39 is 0 Å². The highest BCUT2D eigenvalue weighted by atomic mass is 16.2. The Labute approximate surface area is 165 Å². The molecule has 0 bridgehead atoms. The molecule has 1 amide bonds. The molecule has 3 heterocycles. The van der Waals surface area contributed by atoms with Crippen LogP contribution in [0.25, 0.3) is 11.1 Å². The Morgan fingerprint density at radius 3 is 2.89 bits per heavy atom. The van der Waals surface area contributed by atoms with Gasteiger partial charge in [-0.3, -0.25) is 14.6 Å². The second-order valence-electron chi connectivity index (χ2n) is 7.54. The van der Waals surface area contributed by atoms with Crippen molar-refractivity contribution in [2.24, 2.45) is 0 Å². The third kappa shape index (κ3) is 3.59. The number of aromatic nitrogens is 4. The molecule has 6 heteroatoms. The largest absolute Gasteiger partial charge is 0.338 e. The van der Waals surface area contributed by atoms with Gasteiger partial charge in [-0.05, 0) is 31.7 Å². The molecule has 0 unspecified atom stereocenters. The third-order valence-corrected chi connectivity index (χ3v) is 5.50.